The van der Waals surface area contributed by atoms with Gasteiger partial charge in [-0.25, -0.2) is 8.42 Å². The Labute approximate surface area is 175 Å². The fourth-order valence-electron chi connectivity index (χ4n) is 4.90. The highest BCUT2D eigenvalue weighted by molar-refractivity contribution is 7.91. The first-order chi connectivity index (χ1) is 14.5. The lowest BCUT2D eigenvalue weighted by Crippen LogP contribution is -2.48. The van der Waals surface area contributed by atoms with Crippen LogP contribution < -0.4 is 4.74 Å². The zero-order valence-corrected chi connectivity index (χ0v) is 17.6. The Morgan fingerprint density at radius 3 is 2.53 bits per heavy atom. The zero-order valence-electron chi connectivity index (χ0n) is 16.7. The summed E-state index contributed by atoms with van der Waals surface area (Å²) in [6.45, 7) is -0.0890. The van der Waals surface area contributed by atoms with Crippen LogP contribution >= 0.6 is 0 Å². The average Bonchev–Trinajstić information content (AvgIpc) is 3.45. The number of nitrogens with zero attached hydrogens (tertiary/aromatic N) is 1. The van der Waals surface area contributed by atoms with Gasteiger partial charge in [-0.05, 0) is 43.5 Å². The van der Waals surface area contributed by atoms with E-state index in [9.17, 15) is 13.2 Å². The number of benzene rings is 2. The normalized spacial score (nSPS) is 21.4. The van der Waals surface area contributed by atoms with Gasteiger partial charge >= 0.3 is 0 Å². The summed E-state index contributed by atoms with van der Waals surface area (Å²) in [5.74, 6) is 0.718. The third kappa shape index (κ3) is 3.67. The second-order valence-corrected chi connectivity index (χ2v) is 10.6. The molecule has 0 spiro atoms. The molecule has 1 atom stereocenters. The van der Waals surface area contributed by atoms with E-state index in [1.54, 1.807) is 6.07 Å². The van der Waals surface area contributed by atoms with Gasteiger partial charge in [0.15, 0.2) is 16.4 Å². The maximum atomic E-state index is 13.1. The molecule has 1 aromatic heterocycles. The molecule has 1 aliphatic heterocycles. The van der Waals surface area contributed by atoms with E-state index in [-0.39, 0.29) is 36.1 Å². The first-order valence-corrected chi connectivity index (χ1v) is 12.4. The lowest BCUT2D eigenvalue weighted by Gasteiger charge is -2.34. The molecular formula is C23H25NO5S. The molecule has 2 fully saturated rings. The molecule has 1 saturated carbocycles. The summed E-state index contributed by atoms with van der Waals surface area (Å²) in [6.07, 6.45) is 4.57. The number of ether oxygens (including phenoxy) is 1. The predicted molar refractivity (Wildman–Crippen MR) is 115 cm³/mol. The first-order valence-electron chi connectivity index (χ1n) is 10.6. The SMILES string of the molecule is O=C(COc1ccc2oc3ccccc3c2c1)N(C1CCCC1)C1CCS(=O)(=O)C1. The summed E-state index contributed by atoms with van der Waals surface area (Å²) in [4.78, 5) is 14.9. The lowest BCUT2D eigenvalue weighted by atomic mass is 10.1. The highest BCUT2D eigenvalue weighted by Crippen LogP contribution is 2.32. The molecule has 1 saturated heterocycles. The number of para-hydroxylation sites is 1. The van der Waals surface area contributed by atoms with E-state index in [1.807, 2.05) is 41.3 Å². The minimum Gasteiger partial charge on any atom is -0.484 e. The standard InChI is InChI=1S/C23H25NO5S/c25-23(24(16-5-1-2-6-16)17-11-12-30(26,27)15-17)14-28-18-9-10-22-20(13-18)19-7-3-4-8-21(19)29-22/h3-4,7-10,13,16-17H,1-2,5-6,11-12,14-15H2. The van der Waals surface area contributed by atoms with E-state index >= 15 is 0 Å². The molecule has 1 aliphatic carbocycles. The first kappa shape index (κ1) is 19.4. The summed E-state index contributed by atoms with van der Waals surface area (Å²) in [5, 5.41) is 1.96. The maximum Gasteiger partial charge on any atom is 0.261 e. The van der Waals surface area contributed by atoms with E-state index in [0.717, 1.165) is 47.6 Å². The molecule has 5 rings (SSSR count). The van der Waals surface area contributed by atoms with Gasteiger partial charge in [0.2, 0.25) is 0 Å². The molecule has 2 aliphatic rings. The molecule has 1 unspecified atom stereocenters. The fraction of sp³-hybridized carbons (Fsp3) is 0.435. The topological polar surface area (TPSA) is 76.8 Å². The number of hydrogen-bond donors (Lipinski definition) is 0. The Bertz CT molecular complexity index is 1190. The van der Waals surface area contributed by atoms with Crippen molar-refractivity contribution in [1.29, 1.82) is 0 Å². The number of rotatable bonds is 5. The van der Waals surface area contributed by atoms with Crippen molar-refractivity contribution in [2.45, 2.75) is 44.2 Å². The number of carbonyl (C=O) groups is 1. The monoisotopic (exact) mass is 427 g/mol. The van der Waals surface area contributed by atoms with E-state index in [1.165, 1.54) is 0 Å². The van der Waals surface area contributed by atoms with Gasteiger partial charge in [0.25, 0.3) is 5.91 Å². The molecule has 1 amide bonds. The van der Waals surface area contributed by atoms with E-state index in [0.29, 0.717) is 12.2 Å². The Hall–Kier alpha value is -2.54. The number of hydrogen-bond acceptors (Lipinski definition) is 5. The molecule has 0 radical (unpaired) electrons. The van der Waals surface area contributed by atoms with Crippen LogP contribution in [0.3, 0.4) is 0 Å². The molecule has 0 N–H and O–H groups in total. The number of amides is 1. The van der Waals surface area contributed by atoms with Crippen LogP contribution in [-0.4, -0.2) is 49.4 Å². The van der Waals surface area contributed by atoms with Crippen molar-refractivity contribution in [3.8, 4) is 5.75 Å². The molecule has 2 aromatic carbocycles. The highest BCUT2D eigenvalue weighted by atomic mass is 32.2. The van der Waals surface area contributed by atoms with Crippen LogP contribution in [-0.2, 0) is 14.6 Å². The van der Waals surface area contributed by atoms with Gasteiger partial charge in [-0.1, -0.05) is 31.0 Å². The molecule has 6 nitrogen and oxygen atoms in total. The van der Waals surface area contributed by atoms with Crippen molar-refractivity contribution in [2.24, 2.45) is 0 Å². The third-order valence-corrected chi connectivity index (χ3v) is 8.07. The van der Waals surface area contributed by atoms with E-state index in [2.05, 4.69) is 0 Å². The average molecular weight is 428 g/mol. The Balaban J connectivity index is 1.35. The van der Waals surface area contributed by atoms with Crippen molar-refractivity contribution in [3.63, 3.8) is 0 Å². The summed E-state index contributed by atoms with van der Waals surface area (Å²) in [6, 6.07) is 13.3. The van der Waals surface area contributed by atoms with Crippen LogP contribution in [0.5, 0.6) is 5.75 Å². The molecule has 30 heavy (non-hydrogen) atoms. The Kier molecular flexibility index (Phi) is 4.93. The minimum atomic E-state index is -3.05. The van der Waals surface area contributed by atoms with Crippen LogP contribution in [0.4, 0.5) is 0 Å². The van der Waals surface area contributed by atoms with Crippen molar-refractivity contribution in [1.82, 2.24) is 4.90 Å². The van der Waals surface area contributed by atoms with Crippen LogP contribution in [0.15, 0.2) is 46.9 Å². The largest absolute Gasteiger partial charge is 0.484 e. The highest BCUT2D eigenvalue weighted by Gasteiger charge is 2.39. The smallest absolute Gasteiger partial charge is 0.261 e. The van der Waals surface area contributed by atoms with E-state index < -0.39 is 9.84 Å². The van der Waals surface area contributed by atoms with Gasteiger partial charge in [-0.2, -0.15) is 0 Å². The lowest BCUT2D eigenvalue weighted by molar-refractivity contribution is -0.137. The van der Waals surface area contributed by atoms with Crippen LogP contribution in [0, 0.1) is 0 Å². The molecule has 158 valence electrons. The molecule has 0 bridgehead atoms. The maximum absolute atomic E-state index is 13.1. The van der Waals surface area contributed by atoms with Gasteiger partial charge in [-0.3, -0.25) is 4.79 Å². The van der Waals surface area contributed by atoms with Gasteiger partial charge in [-0.15, -0.1) is 0 Å². The van der Waals surface area contributed by atoms with Crippen molar-refractivity contribution >= 4 is 37.7 Å². The summed E-state index contributed by atoms with van der Waals surface area (Å²) >= 11 is 0. The fourth-order valence-corrected chi connectivity index (χ4v) is 6.61. The Morgan fingerprint density at radius 2 is 1.77 bits per heavy atom. The van der Waals surface area contributed by atoms with Crippen molar-refractivity contribution in [3.05, 3.63) is 42.5 Å². The second-order valence-electron chi connectivity index (χ2n) is 8.34. The molecular weight excluding hydrogens is 402 g/mol. The zero-order chi connectivity index (χ0) is 20.7. The molecule has 3 aromatic rings. The predicted octanol–water partition coefficient (Wildman–Crippen LogP) is 3.92. The van der Waals surface area contributed by atoms with Crippen molar-refractivity contribution < 1.29 is 22.4 Å². The number of sulfone groups is 1. The number of furan rings is 1. The van der Waals surface area contributed by atoms with E-state index in [4.69, 9.17) is 9.15 Å². The van der Waals surface area contributed by atoms with Gasteiger partial charge in [0.1, 0.15) is 16.9 Å². The van der Waals surface area contributed by atoms with Gasteiger partial charge in [0, 0.05) is 22.9 Å². The van der Waals surface area contributed by atoms with Gasteiger partial charge < -0.3 is 14.1 Å². The molecule has 2 heterocycles. The third-order valence-electron chi connectivity index (χ3n) is 6.32. The minimum absolute atomic E-state index is 0.0716. The number of fused-ring (bicyclic) bond motifs is 3. The second kappa shape index (κ2) is 7.61. The van der Waals surface area contributed by atoms with Crippen LogP contribution in [0.2, 0.25) is 0 Å². The summed E-state index contributed by atoms with van der Waals surface area (Å²) < 4.78 is 35.7. The summed E-state index contributed by atoms with van der Waals surface area (Å²) in [7, 11) is -3.05. The van der Waals surface area contributed by atoms with Crippen LogP contribution in [0.25, 0.3) is 21.9 Å². The van der Waals surface area contributed by atoms with Crippen molar-refractivity contribution in [2.75, 3.05) is 18.1 Å². The Morgan fingerprint density at radius 1 is 1.00 bits per heavy atom. The quantitative estimate of drug-likeness (QED) is 0.617. The number of carbonyl (C=O) groups excluding carboxylic acids is 1. The molecule has 7 heteroatoms. The van der Waals surface area contributed by atoms with Gasteiger partial charge in [0.05, 0.1) is 11.5 Å². The van der Waals surface area contributed by atoms with Crippen LogP contribution in [0.1, 0.15) is 32.1 Å². The summed E-state index contributed by atoms with van der Waals surface area (Å²) in [5.41, 5.74) is 1.59.